The van der Waals surface area contributed by atoms with E-state index in [1.807, 2.05) is 13.8 Å². The first kappa shape index (κ1) is 23.3. The minimum atomic E-state index is -0.539. The van der Waals surface area contributed by atoms with Gasteiger partial charge in [-0.25, -0.2) is 19.2 Å². The Morgan fingerprint density at radius 2 is 1.94 bits per heavy atom. The summed E-state index contributed by atoms with van der Waals surface area (Å²) in [5.74, 6) is -1.06. The number of aryl methyl sites for hydroxylation is 2. The number of halogens is 1. The molecule has 4 rings (SSSR count). The first-order valence-electron chi connectivity index (χ1n) is 10.1. The van der Waals surface area contributed by atoms with Gasteiger partial charge in [0.2, 0.25) is 5.91 Å². The Kier molecular flexibility index (Phi) is 7.06. The number of thioether (sulfide) groups is 1. The molecule has 10 heteroatoms. The van der Waals surface area contributed by atoms with Crippen LogP contribution in [0.15, 0.2) is 41.0 Å². The van der Waals surface area contributed by atoms with Crippen molar-refractivity contribution < 1.29 is 18.7 Å². The summed E-state index contributed by atoms with van der Waals surface area (Å²) in [5, 5.41) is 6.71. The van der Waals surface area contributed by atoms with Crippen molar-refractivity contribution in [2.75, 3.05) is 17.7 Å². The minimum absolute atomic E-state index is 0.118. The molecular weight excluding hydrogens is 481 g/mol. The maximum absolute atomic E-state index is 13.4. The molecule has 170 valence electrons. The van der Waals surface area contributed by atoms with Crippen LogP contribution < -0.4 is 5.32 Å². The van der Waals surface area contributed by atoms with Gasteiger partial charge < -0.3 is 10.1 Å². The summed E-state index contributed by atoms with van der Waals surface area (Å²) in [4.78, 5) is 36.2. The van der Waals surface area contributed by atoms with Crippen LogP contribution >= 0.6 is 34.4 Å². The molecule has 3 heterocycles. The van der Waals surface area contributed by atoms with E-state index in [4.69, 9.17) is 4.74 Å². The molecule has 0 atom stereocenters. The quantitative estimate of drug-likeness (QED) is 0.188. The molecule has 6 nitrogen and oxygen atoms in total. The lowest BCUT2D eigenvalue weighted by Gasteiger charge is -2.09. The average Bonchev–Trinajstić information content (AvgIpc) is 3.34. The van der Waals surface area contributed by atoms with Gasteiger partial charge in [-0.3, -0.25) is 4.79 Å². The first-order valence-corrected chi connectivity index (χ1v) is 12.7. The number of carbonyl (C=O) groups excluding carboxylic acids is 2. The Bertz CT molecular complexity index is 1330. The zero-order chi connectivity index (χ0) is 23.5. The molecule has 1 aromatic carbocycles. The zero-order valence-corrected chi connectivity index (χ0v) is 20.5. The van der Waals surface area contributed by atoms with Crippen LogP contribution in [0, 0.1) is 19.7 Å². The summed E-state index contributed by atoms with van der Waals surface area (Å²) in [6.07, 6.45) is 1.51. The number of ether oxygens (including phenoxy) is 1. The number of carbonyl (C=O) groups is 2. The molecule has 0 aliphatic carbocycles. The smallest absolute Gasteiger partial charge is 0.341 e. The summed E-state index contributed by atoms with van der Waals surface area (Å²) < 4.78 is 18.6. The van der Waals surface area contributed by atoms with Gasteiger partial charge in [0, 0.05) is 21.2 Å². The molecular formula is C23H20FN3O3S3. The fraction of sp³-hybridized carbons (Fsp3) is 0.217. The van der Waals surface area contributed by atoms with Crippen molar-refractivity contribution in [3.63, 3.8) is 0 Å². The lowest BCUT2D eigenvalue weighted by Crippen LogP contribution is -2.16. The molecule has 0 aliphatic rings. The Labute approximate surface area is 202 Å². The van der Waals surface area contributed by atoms with Crippen LogP contribution in [-0.4, -0.2) is 34.2 Å². The molecule has 3 aromatic heterocycles. The van der Waals surface area contributed by atoms with Crippen LogP contribution in [0.1, 0.15) is 27.7 Å². The summed E-state index contributed by atoms with van der Waals surface area (Å²) in [7, 11) is 0. The highest BCUT2D eigenvalue weighted by Gasteiger charge is 2.23. The molecule has 0 saturated carbocycles. The van der Waals surface area contributed by atoms with E-state index in [-0.39, 0.29) is 29.6 Å². The second-order valence-electron chi connectivity index (χ2n) is 7.06. The lowest BCUT2D eigenvalue weighted by atomic mass is 10.0. The maximum Gasteiger partial charge on any atom is 0.341 e. The molecule has 33 heavy (non-hydrogen) atoms. The lowest BCUT2D eigenvalue weighted by molar-refractivity contribution is -0.113. The number of anilines is 1. The number of nitrogens with one attached hydrogen (secondary N) is 1. The molecule has 0 spiro atoms. The van der Waals surface area contributed by atoms with E-state index in [9.17, 15) is 14.0 Å². The fourth-order valence-electron chi connectivity index (χ4n) is 3.25. The number of hydrogen-bond donors (Lipinski definition) is 1. The van der Waals surface area contributed by atoms with Gasteiger partial charge in [-0.2, -0.15) is 0 Å². The van der Waals surface area contributed by atoms with Crippen molar-refractivity contribution in [2.24, 2.45) is 0 Å². The van der Waals surface area contributed by atoms with E-state index < -0.39 is 5.97 Å². The Morgan fingerprint density at radius 1 is 1.18 bits per heavy atom. The van der Waals surface area contributed by atoms with Gasteiger partial charge in [-0.05, 0) is 44.0 Å². The number of benzene rings is 1. The second-order valence-corrected chi connectivity index (χ2v) is 10.1. The van der Waals surface area contributed by atoms with E-state index in [0.717, 1.165) is 20.8 Å². The standard InChI is InChI=1S/C23H20FN3O3S3/c1-4-30-23(29)19-16(14-5-7-15(24)8-6-14)9-31-22(19)27-17(28)10-32-20-18-12(2)13(3)33-21(18)26-11-25-20/h5-9,11H,4,10H2,1-3H3,(H,27,28). The van der Waals surface area contributed by atoms with E-state index >= 15 is 0 Å². The number of esters is 1. The molecule has 0 radical (unpaired) electrons. The van der Waals surface area contributed by atoms with Crippen LogP contribution in [0.5, 0.6) is 0 Å². The monoisotopic (exact) mass is 501 g/mol. The fourth-order valence-corrected chi connectivity index (χ4v) is 6.14. The van der Waals surface area contributed by atoms with Crippen LogP contribution in [-0.2, 0) is 9.53 Å². The summed E-state index contributed by atoms with van der Waals surface area (Å²) in [6, 6.07) is 5.83. The highest BCUT2D eigenvalue weighted by Crippen LogP contribution is 2.37. The van der Waals surface area contributed by atoms with E-state index in [1.165, 1.54) is 46.4 Å². The normalized spacial score (nSPS) is 11.0. The number of fused-ring (bicyclic) bond motifs is 1. The van der Waals surface area contributed by atoms with Gasteiger partial charge >= 0.3 is 5.97 Å². The third kappa shape index (κ3) is 4.92. The summed E-state index contributed by atoms with van der Waals surface area (Å²) >= 11 is 4.16. The van der Waals surface area contributed by atoms with Crippen LogP contribution in [0.25, 0.3) is 21.3 Å². The number of nitrogens with zero attached hydrogens (tertiary/aromatic N) is 2. The maximum atomic E-state index is 13.4. The van der Waals surface area contributed by atoms with Crippen molar-refractivity contribution in [3.05, 3.63) is 57.8 Å². The van der Waals surface area contributed by atoms with Crippen molar-refractivity contribution in [2.45, 2.75) is 25.8 Å². The van der Waals surface area contributed by atoms with Crippen LogP contribution in [0.2, 0.25) is 0 Å². The first-order chi connectivity index (χ1) is 15.9. The second kappa shape index (κ2) is 9.98. The minimum Gasteiger partial charge on any atom is -0.462 e. The molecule has 1 N–H and O–H groups in total. The molecule has 0 aliphatic heterocycles. The Hall–Kier alpha value is -2.82. The van der Waals surface area contributed by atoms with Crippen molar-refractivity contribution in [3.8, 4) is 11.1 Å². The van der Waals surface area contributed by atoms with Crippen molar-refractivity contribution in [1.82, 2.24) is 9.97 Å². The predicted octanol–water partition coefficient (Wildman–Crippen LogP) is 6.08. The van der Waals surface area contributed by atoms with Gasteiger partial charge in [0.25, 0.3) is 0 Å². The molecule has 0 saturated heterocycles. The molecule has 1 amide bonds. The number of aromatic nitrogens is 2. The topological polar surface area (TPSA) is 81.2 Å². The predicted molar refractivity (Wildman–Crippen MR) is 132 cm³/mol. The molecule has 0 unspecified atom stereocenters. The third-order valence-corrected chi connectivity index (χ3v) is 7.95. The van der Waals surface area contributed by atoms with Gasteiger partial charge in [0.15, 0.2) is 0 Å². The SMILES string of the molecule is CCOC(=O)c1c(-c2ccc(F)cc2)csc1NC(=O)CSc1ncnc2sc(C)c(C)c12. The average molecular weight is 502 g/mol. The van der Waals surface area contributed by atoms with Gasteiger partial charge in [-0.1, -0.05) is 23.9 Å². The summed E-state index contributed by atoms with van der Waals surface area (Å²) in [6.45, 7) is 5.97. The van der Waals surface area contributed by atoms with Crippen molar-refractivity contribution in [1.29, 1.82) is 0 Å². The number of rotatable bonds is 7. The van der Waals surface area contributed by atoms with Crippen LogP contribution in [0.3, 0.4) is 0 Å². The zero-order valence-electron chi connectivity index (χ0n) is 18.1. The van der Waals surface area contributed by atoms with Crippen LogP contribution in [0.4, 0.5) is 9.39 Å². The number of amides is 1. The van der Waals surface area contributed by atoms with E-state index in [2.05, 4.69) is 15.3 Å². The van der Waals surface area contributed by atoms with E-state index in [0.29, 0.717) is 16.1 Å². The molecule has 4 aromatic rings. The van der Waals surface area contributed by atoms with Gasteiger partial charge in [0.1, 0.15) is 32.6 Å². The van der Waals surface area contributed by atoms with E-state index in [1.54, 1.807) is 35.8 Å². The Balaban J connectivity index is 1.56. The molecule has 0 fully saturated rings. The Morgan fingerprint density at radius 3 is 2.67 bits per heavy atom. The number of hydrogen-bond acceptors (Lipinski definition) is 8. The highest BCUT2D eigenvalue weighted by atomic mass is 32.2. The summed E-state index contributed by atoms with van der Waals surface area (Å²) in [5.41, 5.74) is 2.63. The third-order valence-electron chi connectivity index (χ3n) is 4.95. The highest BCUT2D eigenvalue weighted by molar-refractivity contribution is 8.00. The van der Waals surface area contributed by atoms with Crippen molar-refractivity contribution >= 4 is 61.5 Å². The van der Waals surface area contributed by atoms with Gasteiger partial charge in [-0.15, -0.1) is 22.7 Å². The van der Waals surface area contributed by atoms with Gasteiger partial charge in [0.05, 0.1) is 12.4 Å². The largest absolute Gasteiger partial charge is 0.462 e. The molecule has 0 bridgehead atoms. The number of thiophene rings is 2.